The normalized spacial score (nSPS) is 11.9. The second-order valence-electron chi connectivity index (χ2n) is 10.3. The molecule has 0 aliphatic heterocycles. The second kappa shape index (κ2) is 15.8. The van der Waals surface area contributed by atoms with E-state index in [1.165, 1.54) is 68.0 Å². The molecule has 0 N–H and O–H groups in total. The van der Waals surface area contributed by atoms with Crippen molar-refractivity contribution in [3.8, 4) is 11.5 Å². The first-order chi connectivity index (χ1) is 18.1. The monoisotopic (exact) mass is 616 g/mol. The van der Waals surface area contributed by atoms with E-state index in [0.29, 0.717) is 26.4 Å². The molecule has 4 nitrogen and oxygen atoms in total. The second-order valence-corrected chi connectivity index (χ2v) is 23.4. The fourth-order valence-electron chi connectivity index (χ4n) is 5.53. The van der Waals surface area contributed by atoms with Gasteiger partial charge >= 0.3 is 230 Å². The Labute approximate surface area is 228 Å². The van der Waals surface area contributed by atoms with Crippen LogP contribution in [0.1, 0.15) is 59.3 Å². The first kappa shape index (κ1) is 30.0. The number of hydrogen-bond acceptors (Lipinski definition) is 4. The van der Waals surface area contributed by atoms with Crippen molar-refractivity contribution in [1.82, 2.24) is 0 Å². The summed E-state index contributed by atoms with van der Waals surface area (Å²) in [5.74, 6) is 2.05. The molecule has 3 aromatic carbocycles. The van der Waals surface area contributed by atoms with E-state index >= 15 is 0 Å². The van der Waals surface area contributed by atoms with Crippen molar-refractivity contribution >= 4 is 43.5 Å². The van der Waals surface area contributed by atoms with Crippen molar-refractivity contribution < 1.29 is 18.9 Å². The van der Waals surface area contributed by atoms with Gasteiger partial charge in [-0.25, -0.2) is 0 Å². The van der Waals surface area contributed by atoms with Gasteiger partial charge < -0.3 is 0 Å². The molecule has 0 saturated heterocycles. The van der Waals surface area contributed by atoms with Gasteiger partial charge in [-0.2, -0.15) is 0 Å². The van der Waals surface area contributed by atoms with E-state index in [1.807, 2.05) is 0 Å². The summed E-state index contributed by atoms with van der Waals surface area (Å²) in [7, 11) is 3.45. The van der Waals surface area contributed by atoms with E-state index in [-0.39, 0.29) is 0 Å². The zero-order chi connectivity index (χ0) is 26.5. The van der Waals surface area contributed by atoms with Crippen molar-refractivity contribution in [3.05, 3.63) is 42.5 Å². The SMILES string of the molecule is CCC[CH2][Sn]([CH2]CCC)([CH2]CCC)[c]1ccc2cc3c(OCCOC)cccc3cc2c1OCCOC. The summed E-state index contributed by atoms with van der Waals surface area (Å²) in [6.45, 7) is 9.32. The minimum atomic E-state index is -2.73. The Kier molecular flexibility index (Phi) is 12.8. The van der Waals surface area contributed by atoms with Crippen LogP contribution in [-0.4, -0.2) is 59.0 Å². The van der Waals surface area contributed by atoms with Gasteiger partial charge in [0, 0.05) is 0 Å². The number of fused-ring (bicyclic) bond motifs is 2. The van der Waals surface area contributed by atoms with Crippen molar-refractivity contribution in [2.24, 2.45) is 0 Å². The first-order valence-electron chi connectivity index (χ1n) is 14.4. The topological polar surface area (TPSA) is 36.9 Å². The summed E-state index contributed by atoms with van der Waals surface area (Å²) in [5.41, 5.74) is 0. The summed E-state index contributed by atoms with van der Waals surface area (Å²) in [6, 6.07) is 15.7. The van der Waals surface area contributed by atoms with Crippen LogP contribution in [0.15, 0.2) is 42.5 Å². The number of benzene rings is 3. The Bertz CT molecular complexity index is 1080. The van der Waals surface area contributed by atoms with Crippen LogP contribution in [0.4, 0.5) is 0 Å². The molecule has 0 aliphatic carbocycles. The van der Waals surface area contributed by atoms with E-state index < -0.39 is 18.4 Å². The summed E-state index contributed by atoms with van der Waals surface area (Å²) in [4.78, 5) is 0. The van der Waals surface area contributed by atoms with Crippen molar-refractivity contribution in [2.75, 3.05) is 40.6 Å². The van der Waals surface area contributed by atoms with Crippen LogP contribution in [-0.2, 0) is 9.47 Å². The minimum absolute atomic E-state index is 0.543. The quantitative estimate of drug-likeness (QED) is 0.0824. The van der Waals surface area contributed by atoms with Crippen LogP contribution in [0.25, 0.3) is 21.5 Å². The predicted molar refractivity (Wildman–Crippen MR) is 161 cm³/mol. The third kappa shape index (κ3) is 7.77. The summed E-state index contributed by atoms with van der Waals surface area (Å²) < 4.78 is 29.2. The number of rotatable bonds is 18. The van der Waals surface area contributed by atoms with Gasteiger partial charge in [0.2, 0.25) is 0 Å². The van der Waals surface area contributed by atoms with Gasteiger partial charge in [-0.15, -0.1) is 0 Å². The van der Waals surface area contributed by atoms with Crippen molar-refractivity contribution in [2.45, 2.75) is 72.6 Å². The average Bonchev–Trinajstić information content (AvgIpc) is 2.92. The van der Waals surface area contributed by atoms with Crippen LogP contribution in [0.2, 0.25) is 13.3 Å². The molecular formula is C32H48O4Sn. The zero-order valence-corrected chi connectivity index (χ0v) is 26.7. The molecule has 0 atom stereocenters. The molecule has 0 aliphatic rings. The molecule has 0 saturated carbocycles. The fourth-order valence-corrected chi connectivity index (χ4v) is 22.0. The molecule has 3 rings (SSSR count). The van der Waals surface area contributed by atoms with E-state index in [2.05, 4.69) is 63.2 Å². The third-order valence-corrected chi connectivity index (χ3v) is 23.2. The van der Waals surface area contributed by atoms with Crippen molar-refractivity contribution in [1.29, 1.82) is 0 Å². The van der Waals surface area contributed by atoms with Gasteiger partial charge in [-0.05, 0) is 0 Å². The molecule has 3 aromatic rings. The van der Waals surface area contributed by atoms with Crippen LogP contribution in [0, 0.1) is 0 Å². The van der Waals surface area contributed by atoms with Gasteiger partial charge in [0.25, 0.3) is 0 Å². The van der Waals surface area contributed by atoms with Crippen LogP contribution in [0.5, 0.6) is 11.5 Å². The molecule has 0 amide bonds. The molecule has 0 radical (unpaired) electrons. The Morgan fingerprint density at radius 1 is 0.622 bits per heavy atom. The van der Waals surface area contributed by atoms with E-state index in [4.69, 9.17) is 18.9 Å². The average molecular weight is 615 g/mol. The molecule has 37 heavy (non-hydrogen) atoms. The maximum atomic E-state index is 6.68. The molecule has 204 valence electrons. The van der Waals surface area contributed by atoms with Gasteiger partial charge in [-0.3, -0.25) is 0 Å². The molecule has 0 aromatic heterocycles. The van der Waals surface area contributed by atoms with E-state index in [0.717, 1.165) is 16.9 Å². The van der Waals surface area contributed by atoms with E-state index in [9.17, 15) is 0 Å². The van der Waals surface area contributed by atoms with Crippen LogP contribution < -0.4 is 13.1 Å². The molecule has 0 spiro atoms. The van der Waals surface area contributed by atoms with Crippen molar-refractivity contribution in [3.63, 3.8) is 0 Å². The van der Waals surface area contributed by atoms with Crippen LogP contribution in [0.3, 0.4) is 0 Å². The number of methoxy groups -OCH3 is 2. The fraction of sp³-hybridized carbons (Fsp3) is 0.562. The predicted octanol–water partition coefficient (Wildman–Crippen LogP) is 8.10. The van der Waals surface area contributed by atoms with Gasteiger partial charge in [-0.1, -0.05) is 0 Å². The Balaban J connectivity index is 2.21. The molecule has 0 heterocycles. The van der Waals surface area contributed by atoms with Gasteiger partial charge in [0.15, 0.2) is 0 Å². The molecule has 5 heteroatoms. The number of ether oxygens (including phenoxy) is 4. The summed E-state index contributed by atoms with van der Waals surface area (Å²) in [5, 5.41) is 4.78. The first-order valence-corrected chi connectivity index (χ1v) is 21.9. The van der Waals surface area contributed by atoms with Crippen LogP contribution >= 0.6 is 0 Å². The third-order valence-electron chi connectivity index (χ3n) is 7.61. The number of unbranched alkanes of at least 4 members (excludes halogenated alkanes) is 3. The van der Waals surface area contributed by atoms with Gasteiger partial charge in [0.05, 0.1) is 0 Å². The standard InChI is InChI=1S/C20H21O4.3C4H9.Sn/c1-21-9-11-23-19-7-3-5-15-14-18-16(13-17(15)19)6-4-8-20(18)24-12-10-22-2;3*1-3-4-2;/h3-7,13-14H,9-12H2,1-2H3;3*1,3-4H2,2H3;. The molecule has 0 unspecified atom stereocenters. The maximum absolute atomic E-state index is 6.68. The molecule has 0 fully saturated rings. The Morgan fingerprint density at radius 3 is 1.78 bits per heavy atom. The van der Waals surface area contributed by atoms with E-state index in [1.54, 1.807) is 17.8 Å². The summed E-state index contributed by atoms with van der Waals surface area (Å²) in [6.07, 6.45) is 7.79. The molecular weight excluding hydrogens is 567 g/mol. The molecule has 0 bridgehead atoms. The zero-order valence-electron chi connectivity index (χ0n) is 23.9. The van der Waals surface area contributed by atoms with Gasteiger partial charge in [0.1, 0.15) is 0 Å². The number of hydrogen-bond donors (Lipinski definition) is 0. The summed E-state index contributed by atoms with van der Waals surface area (Å²) >= 11 is -2.73. The Hall–Kier alpha value is -1.50. The Morgan fingerprint density at radius 2 is 1.19 bits per heavy atom.